The van der Waals surface area contributed by atoms with Crippen LogP contribution in [0.15, 0.2) is 24.3 Å². The number of ether oxygens (including phenoxy) is 2. The van der Waals surface area contributed by atoms with Crippen LogP contribution in [-0.2, 0) is 14.3 Å². The van der Waals surface area contributed by atoms with Crippen LogP contribution in [0.2, 0.25) is 0 Å². The minimum atomic E-state index is -0.528. The largest absolute Gasteiger partial charge is 0.397 e. The van der Waals surface area contributed by atoms with Crippen LogP contribution in [0.5, 0.6) is 0 Å². The summed E-state index contributed by atoms with van der Waals surface area (Å²) in [5.41, 5.74) is 6.94. The van der Waals surface area contributed by atoms with Crippen LogP contribution in [0, 0.1) is 0 Å². The number of rotatable bonds is 5. The number of para-hydroxylation sites is 2. The summed E-state index contributed by atoms with van der Waals surface area (Å²) in [6.45, 7) is 2.98. The van der Waals surface area contributed by atoms with Crippen LogP contribution in [0.1, 0.15) is 26.2 Å². The normalized spacial score (nSPS) is 19.4. The van der Waals surface area contributed by atoms with Crippen molar-refractivity contribution in [2.75, 3.05) is 24.3 Å². The number of amides is 1. The molecule has 0 bridgehead atoms. The number of carbonyl (C=O) groups excluding carboxylic acids is 1. The molecule has 1 aromatic carbocycles. The molecule has 1 saturated heterocycles. The highest BCUT2D eigenvalue weighted by Crippen LogP contribution is 2.17. The summed E-state index contributed by atoms with van der Waals surface area (Å²) in [6, 6.07) is 7.17. The van der Waals surface area contributed by atoms with E-state index in [-0.39, 0.29) is 24.4 Å². The number of nitrogen functional groups attached to an aromatic ring is 1. The third kappa shape index (κ3) is 5.53. The lowest BCUT2D eigenvalue weighted by molar-refractivity contribution is -0.130. The van der Waals surface area contributed by atoms with Gasteiger partial charge in [-0.2, -0.15) is 0 Å². The van der Waals surface area contributed by atoms with Gasteiger partial charge in [0.1, 0.15) is 6.10 Å². The first-order valence-electron chi connectivity index (χ1n) is 7.05. The van der Waals surface area contributed by atoms with Gasteiger partial charge in [-0.3, -0.25) is 4.79 Å². The lowest BCUT2D eigenvalue weighted by atomic mass is 10.1. The molecule has 0 radical (unpaired) electrons. The van der Waals surface area contributed by atoms with Crippen LogP contribution < -0.4 is 11.1 Å². The van der Waals surface area contributed by atoms with E-state index < -0.39 is 6.10 Å². The Balaban J connectivity index is 0.00000220. The highest BCUT2D eigenvalue weighted by molar-refractivity contribution is 5.96. The Kier molecular flexibility index (Phi) is 7.50. The summed E-state index contributed by atoms with van der Waals surface area (Å²) in [6.07, 6.45) is 2.86. The molecule has 2 atom stereocenters. The second-order valence-electron chi connectivity index (χ2n) is 5.04. The molecule has 1 aliphatic heterocycles. The summed E-state index contributed by atoms with van der Waals surface area (Å²) in [5.74, 6) is -0.196. The van der Waals surface area contributed by atoms with E-state index in [4.69, 9.17) is 15.2 Å². The van der Waals surface area contributed by atoms with Gasteiger partial charge < -0.3 is 20.5 Å². The number of halogens is 1. The van der Waals surface area contributed by atoms with Crippen molar-refractivity contribution >= 4 is 29.7 Å². The lowest BCUT2D eigenvalue weighted by Crippen LogP contribution is -2.32. The van der Waals surface area contributed by atoms with Crippen molar-refractivity contribution in [2.24, 2.45) is 0 Å². The number of benzene rings is 1. The van der Waals surface area contributed by atoms with Gasteiger partial charge in [-0.1, -0.05) is 12.1 Å². The molecule has 6 heteroatoms. The number of hydrogen-bond donors (Lipinski definition) is 2. The number of nitrogens with two attached hydrogens (primary N) is 1. The second kappa shape index (κ2) is 8.87. The van der Waals surface area contributed by atoms with Crippen LogP contribution in [0.4, 0.5) is 11.4 Å². The maximum absolute atomic E-state index is 12.0. The molecule has 1 aliphatic rings. The van der Waals surface area contributed by atoms with E-state index in [1.165, 1.54) is 0 Å². The predicted octanol–water partition coefficient (Wildman–Crippen LogP) is 2.60. The van der Waals surface area contributed by atoms with Gasteiger partial charge in [0.2, 0.25) is 0 Å². The zero-order valence-corrected chi connectivity index (χ0v) is 13.0. The molecular formula is C15H23ClN2O3. The number of hydrogen-bond acceptors (Lipinski definition) is 4. The summed E-state index contributed by atoms with van der Waals surface area (Å²) < 4.78 is 11.1. The van der Waals surface area contributed by atoms with Gasteiger partial charge in [-0.05, 0) is 38.3 Å². The fourth-order valence-corrected chi connectivity index (χ4v) is 2.11. The fraction of sp³-hybridized carbons (Fsp3) is 0.533. The monoisotopic (exact) mass is 314 g/mol. The van der Waals surface area contributed by atoms with Gasteiger partial charge >= 0.3 is 0 Å². The summed E-state index contributed by atoms with van der Waals surface area (Å²) in [7, 11) is 0. The molecule has 1 aromatic rings. The van der Waals surface area contributed by atoms with Crippen molar-refractivity contribution in [3.63, 3.8) is 0 Å². The fourth-order valence-electron chi connectivity index (χ4n) is 2.11. The molecule has 5 nitrogen and oxygen atoms in total. The summed E-state index contributed by atoms with van der Waals surface area (Å²) in [4.78, 5) is 12.0. The Morgan fingerprint density at radius 2 is 2.24 bits per heavy atom. The van der Waals surface area contributed by atoms with Gasteiger partial charge in [-0.25, -0.2) is 0 Å². The van der Waals surface area contributed by atoms with Crippen molar-refractivity contribution in [2.45, 2.75) is 38.4 Å². The van der Waals surface area contributed by atoms with Crippen LogP contribution in [0.3, 0.4) is 0 Å². The predicted molar refractivity (Wildman–Crippen MR) is 85.7 cm³/mol. The Hall–Kier alpha value is -1.30. The Morgan fingerprint density at radius 1 is 1.48 bits per heavy atom. The number of nitrogens with one attached hydrogen (secondary N) is 1. The standard InChI is InChI=1S/C15H22N2O3.ClH/c1-11(20-10-12-6-4-5-9-19-12)15(18)17-14-8-3-2-7-13(14)16;/h2-3,7-8,11-12H,4-6,9-10,16H2,1H3,(H,17,18);1H. The minimum Gasteiger partial charge on any atom is -0.397 e. The molecule has 0 saturated carbocycles. The Morgan fingerprint density at radius 3 is 2.90 bits per heavy atom. The minimum absolute atomic E-state index is 0. The average Bonchev–Trinajstić information content (AvgIpc) is 2.48. The van der Waals surface area contributed by atoms with E-state index in [0.29, 0.717) is 18.0 Å². The molecule has 21 heavy (non-hydrogen) atoms. The molecule has 1 heterocycles. The van der Waals surface area contributed by atoms with Crippen molar-refractivity contribution in [3.05, 3.63) is 24.3 Å². The van der Waals surface area contributed by atoms with Crippen molar-refractivity contribution < 1.29 is 14.3 Å². The molecule has 3 N–H and O–H groups in total. The third-order valence-electron chi connectivity index (χ3n) is 3.39. The molecule has 1 amide bonds. The van der Waals surface area contributed by atoms with Gasteiger partial charge in [-0.15, -0.1) is 12.4 Å². The van der Waals surface area contributed by atoms with E-state index in [9.17, 15) is 4.79 Å². The van der Waals surface area contributed by atoms with Gasteiger partial charge in [0.05, 0.1) is 24.1 Å². The van der Waals surface area contributed by atoms with Crippen LogP contribution in [0.25, 0.3) is 0 Å². The molecule has 2 unspecified atom stereocenters. The maximum atomic E-state index is 12.0. The zero-order chi connectivity index (χ0) is 14.4. The Labute approximate surface area is 131 Å². The van der Waals surface area contributed by atoms with Crippen molar-refractivity contribution in [3.8, 4) is 0 Å². The quantitative estimate of drug-likeness (QED) is 0.819. The zero-order valence-electron chi connectivity index (χ0n) is 12.2. The van der Waals surface area contributed by atoms with E-state index in [2.05, 4.69) is 5.32 Å². The van der Waals surface area contributed by atoms with E-state index in [0.717, 1.165) is 25.9 Å². The van der Waals surface area contributed by atoms with Crippen molar-refractivity contribution in [1.29, 1.82) is 0 Å². The van der Waals surface area contributed by atoms with E-state index in [1.807, 2.05) is 12.1 Å². The van der Waals surface area contributed by atoms with E-state index in [1.54, 1.807) is 19.1 Å². The topological polar surface area (TPSA) is 73.6 Å². The SMILES string of the molecule is CC(OCC1CCCCO1)C(=O)Nc1ccccc1N.Cl. The van der Waals surface area contributed by atoms with Crippen LogP contribution >= 0.6 is 12.4 Å². The average molecular weight is 315 g/mol. The smallest absolute Gasteiger partial charge is 0.253 e. The first kappa shape index (κ1) is 17.8. The van der Waals surface area contributed by atoms with Gasteiger partial charge in [0, 0.05) is 6.61 Å². The molecule has 1 fully saturated rings. The van der Waals surface area contributed by atoms with Gasteiger partial charge in [0.25, 0.3) is 5.91 Å². The molecular weight excluding hydrogens is 292 g/mol. The highest BCUT2D eigenvalue weighted by atomic mass is 35.5. The molecule has 0 aromatic heterocycles. The summed E-state index contributed by atoms with van der Waals surface area (Å²) in [5, 5.41) is 2.77. The Bertz CT molecular complexity index is 450. The number of anilines is 2. The maximum Gasteiger partial charge on any atom is 0.253 e. The number of carbonyl (C=O) groups is 1. The first-order valence-corrected chi connectivity index (χ1v) is 7.05. The van der Waals surface area contributed by atoms with Crippen molar-refractivity contribution in [1.82, 2.24) is 0 Å². The second-order valence-corrected chi connectivity index (χ2v) is 5.04. The lowest BCUT2D eigenvalue weighted by Gasteiger charge is -2.24. The molecule has 0 spiro atoms. The molecule has 0 aliphatic carbocycles. The van der Waals surface area contributed by atoms with E-state index >= 15 is 0 Å². The third-order valence-corrected chi connectivity index (χ3v) is 3.39. The highest BCUT2D eigenvalue weighted by Gasteiger charge is 2.19. The summed E-state index contributed by atoms with van der Waals surface area (Å²) >= 11 is 0. The molecule has 2 rings (SSSR count). The first-order chi connectivity index (χ1) is 9.66. The van der Waals surface area contributed by atoms with Gasteiger partial charge in [0.15, 0.2) is 0 Å². The molecule has 118 valence electrons. The van der Waals surface area contributed by atoms with Crippen LogP contribution in [-0.4, -0.2) is 31.3 Å².